The molecule has 2 heterocycles. The van der Waals surface area contributed by atoms with Crippen molar-refractivity contribution in [1.29, 1.82) is 0 Å². The molecule has 5 heteroatoms. The Morgan fingerprint density at radius 3 is 2.81 bits per heavy atom. The van der Waals surface area contributed by atoms with E-state index in [4.69, 9.17) is 10.1 Å². The summed E-state index contributed by atoms with van der Waals surface area (Å²) in [5.74, 6) is 0.217. The number of likely N-dealkylation sites (tertiary alicyclic amines) is 1. The molecule has 0 amide bonds. The van der Waals surface area contributed by atoms with E-state index < -0.39 is 5.97 Å². The van der Waals surface area contributed by atoms with Crippen molar-refractivity contribution < 1.29 is 9.90 Å². The second kappa shape index (κ2) is 5.85. The quantitative estimate of drug-likeness (QED) is 0.917. The Morgan fingerprint density at radius 2 is 2.10 bits per heavy atom. The van der Waals surface area contributed by atoms with Crippen LogP contribution in [0.3, 0.4) is 0 Å². The summed E-state index contributed by atoms with van der Waals surface area (Å²) < 4.78 is 2.07. The van der Waals surface area contributed by atoms with E-state index in [1.54, 1.807) is 0 Å². The smallest absolute Gasteiger partial charge is 0.305 e. The van der Waals surface area contributed by atoms with Gasteiger partial charge in [0.1, 0.15) is 5.82 Å². The maximum atomic E-state index is 10.9. The number of aryl methyl sites for hydroxylation is 2. The van der Waals surface area contributed by atoms with Gasteiger partial charge in [-0.05, 0) is 50.6 Å². The normalized spacial score (nSPS) is 15.9. The summed E-state index contributed by atoms with van der Waals surface area (Å²) in [5, 5.41) is 8.96. The summed E-state index contributed by atoms with van der Waals surface area (Å²) in [6.07, 6.45) is 2.62. The van der Waals surface area contributed by atoms with Gasteiger partial charge in [0.05, 0.1) is 24.0 Å². The van der Waals surface area contributed by atoms with Crippen LogP contribution in [0.4, 0.5) is 0 Å². The fraction of sp³-hybridized carbons (Fsp3) is 0.500. The highest BCUT2D eigenvalue weighted by Gasteiger charge is 2.17. The lowest BCUT2D eigenvalue weighted by atomic mass is 10.2. The molecule has 5 nitrogen and oxygen atoms in total. The van der Waals surface area contributed by atoms with E-state index >= 15 is 0 Å². The minimum Gasteiger partial charge on any atom is -0.481 e. The number of imidazole rings is 1. The number of aliphatic carboxylic acids is 1. The fourth-order valence-electron chi connectivity index (χ4n) is 3.01. The van der Waals surface area contributed by atoms with E-state index in [-0.39, 0.29) is 6.42 Å². The first-order chi connectivity index (χ1) is 10.1. The summed E-state index contributed by atoms with van der Waals surface area (Å²) in [6.45, 7) is 5.57. The third-order valence-corrected chi connectivity index (χ3v) is 4.10. The van der Waals surface area contributed by atoms with Crippen LogP contribution in [0.25, 0.3) is 11.0 Å². The molecule has 1 N–H and O–H groups in total. The largest absolute Gasteiger partial charge is 0.481 e. The Balaban J connectivity index is 1.94. The molecule has 1 saturated heterocycles. The molecule has 1 fully saturated rings. The topological polar surface area (TPSA) is 58.4 Å². The molecule has 0 unspecified atom stereocenters. The minimum atomic E-state index is -0.768. The third-order valence-electron chi connectivity index (χ3n) is 4.10. The van der Waals surface area contributed by atoms with Gasteiger partial charge in [-0.3, -0.25) is 9.69 Å². The van der Waals surface area contributed by atoms with Crippen LogP contribution in [0.2, 0.25) is 0 Å². The van der Waals surface area contributed by atoms with Crippen LogP contribution in [0.15, 0.2) is 18.2 Å². The molecule has 1 aliphatic rings. The van der Waals surface area contributed by atoms with E-state index in [1.807, 2.05) is 6.07 Å². The Bertz CT molecular complexity index is 657. The summed E-state index contributed by atoms with van der Waals surface area (Å²) in [7, 11) is 0. The van der Waals surface area contributed by atoms with Crippen LogP contribution < -0.4 is 0 Å². The van der Waals surface area contributed by atoms with Gasteiger partial charge in [0.25, 0.3) is 0 Å². The highest BCUT2D eigenvalue weighted by atomic mass is 16.4. The van der Waals surface area contributed by atoms with Crippen molar-refractivity contribution in [1.82, 2.24) is 14.5 Å². The average Bonchev–Trinajstić information content (AvgIpc) is 3.04. The molecule has 3 rings (SSSR count). The summed E-state index contributed by atoms with van der Waals surface area (Å²) in [6, 6.07) is 6.17. The average molecular weight is 287 g/mol. The van der Waals surface area contributed by atoms with E-state index in [2.05, 4.69) is 28.5 Å². The van der Waals surface area contributed by atoms with Gasteiger partial charge in [0.15, 0.2) is 0 Å². The number of nitrogens with zero attached hydrogens (tertiary/aromatic N) is 3. The monoisotopic (exact) mass is 287 g/mol. The molecule has 0 radical (unpaired) electrons. The van der Waals surface area contributed by atoms with Gasteiger partial charge in [-0.15, -0.1) is 0 Å². The number of benzene rings is 1. The molecule has 1 aromatic heterocycles. The number of carbonyl (C=O) groups is 1. The molecule has 21 heavy (non-hydrogen) atoms. The molecule has 0 aliphatic carbocycles. The molecule has 2 aromatic rings. The molecule has 112 valence electrons. The van der Waals surface area contributed by atoms with Crippen LogP contribution in [0, 0.1) is 6.92 Å². The van der Waals surface area contributed by atoms with Crippen molar-refractivity contribution in [3.05, 3.63) is 29.6 Å². The highest BCUT2D eigenvalue weighted by Crippen LogP contribution is 2.21. The summed E-state index contributed by atoms with van der Waals surface area (Å²) in [5.41, 5.74) is 3.18. The van der Waals surface area contributed by atoms with Crippen molar-refractivity contribution in [3.8, 4) is 0 Å². The first kappa shape index (κ1) is 14.1. The molecule has 1 aliphatic heterocycles. The number of rotatable bonds is 5. The number of fused-ring (bicyclic) bond motifs is 1. The molecule has 0 spiro atoms. The van der Waals surface area contributed by atoms with Crippen LogP contribution in [-0.4, -0.2) is 38.6 Å². The van der Waals surface area contributed by atoms with Gasteiger partial charge in [-0.2, -0.15) is 0 Å². The van der Waals surface area contributed by atoms with Gasteiger partial charge in [0.2, 0.25) is 0 Å². The van der Waals surface area contributed by atoms with Crippen LogP contribution >= 0.6 is 0 Å². The first-order valence-corrected chi connectivity index (χ1v) is 7.53. The molecular formula is C16H21N3O2. The lowest BCUT2D eigenvalue weighted by Crippen LogP contribution is -2.21. The second-order valence-corrected chi connectivity index (χ2v) is 5.80. The summed E-state index contributed by atoms with van der Waals surface area (Å²) in [4.78, 5) is 18.0. The molecule has 1 aromatic carbocycles. The Morgan fingerprint density at radius 1 is 1.33 bits per heavy atom. The van der Waals surface area contributed by atoms with Crippen LogP contribution in [-0.2, 0) is 17.9 Å². The molecule has 0 bridgehead atoms. The maximum absolute atomic E-state index is 10.9. The first-order valence-electron chi connectivity index (χ1n) is 7.53. The minimum absolute atomic E-state index is 0.131. The van der Waals surface area contributed by atoms with Gasteiger partial charge >= 0.3 is 5.97 Å². The van der Waals surface area contributed by atoms with E-state index in [1.165, 1.54) is 18.4 Å². The highest BCUT2D eigenvalue weighted by molar-refractivity contribution is 5.77. The number of hydrogen-bond acceptors (Lipinski definition) is 3. The number of carboxylic acid groups (broad SMARTS) is 1. The van der Waals surface area contributed by atoms with Crippen LogP contribution in [0.5, 0.6) is 0 Å². The lowest BCUT2D eigenvalue weighted by molar-refractivity contribution is -0.137. The van der Waals surface area contributed by atoms with E-state index in [0.717, 1.165) is 36.5 Å². The number of aromatic nitrogens is 2. The fourth-order valence-corrected chi connectivity index (χ4v) is 3.01. The van der Waals surface area contributed by atoms with Gasteiger partial charge in [0, 0.05) is 6.54 Å². The van der Waals surface area contributed by atoms with Crippen molar-refractivity contribution in [2.24, 2.45) is 0 Å². The number of hydrogen-bond donors (Lipinski definition) is 1. The Hall–Kier alpha value is -1.88. The van der Waals surface area contributed by atoms with Gasteiger partial charge < -0.3 is 9.67 Å². The summed E-state index contributed by atoms with van der Waals surface area (Å²) >= 11 is 0. The van der Waals surface area contributed by atoms with Crippen molar-refractivity contribution in [2.75, 3.05) is 13.1 Å². The predicted octanol–water partition coefficient (Wildman–Crippen LogP) is 2.42. The number of carboxylic acids is 1. The molecule has 0 saturated carbocycles. The van der Waals surface area contributed by atoms with Crippen molar-refractivity contribution >= 4 is 17.0 Å². The van der Waals surface area contributed by atoms with E-state index in [0.29, 0.717) is 6.54 Å². The predicted molar refractivity (Wildman–Crippen MR) is 81.2 cm³/mol. The zero-order chi connectivity index (χ0) is 14.8. The maximum Gasteiger partial charge on any atom is 0.305 e. The van der Waals surface area contributed by atoms with Gasteiger partial charge in [-0.1, -0.05) is 6.07 Å². The Kier molecular flexibility index (Phi) is 3.92. The lowest BCUT2D eigenvalue weighted by Gasteiger charge is -2.15. The zero-order valence-electron chi connectivity index (χ0n) is 12.4. The zero-order valence-corrected chi connectivity index (χ0v) is 12.4. The standard InChI is InChI=1S/C16H21N3O2/c1-12-4-5-14-13(10-12)17-15(11-18-7-2-3-8-18)19(14)9-6-16(20)21/h4-5,10H,2-3,6-9,11H2,1H3,(H,20,21). The SMILES string of the molecule is Cc1ccc2c(c1)nc(CN1CCCC1)n2CCC(=O)O. The third kappa shape index (κ3) is 3.08. The van der Waals surface area contributed by atoms with Gasteiger partial charge in [-0.25, -0.2) is 4.98 Å². The Labute approximate surface area is 124 Å². The van der Waals surface area contributed by atoms with E-state index in [9.17, 15) is 4.79 Å². The van der Waals surface area contributed by atoms with Crippen molar-refractivity contribution in [3.63, 3.8) is 0 Å². The molecular weight excluding hydrogens is 266 g/mol. The van der Waals surface area contributed by atoms with Crippen LogP contribution in [0.1, 0.15) is 30.7 Å². The second-order valence-electron chi connectivity index (χ2n) is 5.80. The molecule has 0 atom stereocenters. The van der Waals surface area contributed by atoms with Crippen molar-refractivity contribution in [2.45, 2.75) is 39.3 Å².